The molecule has 0 bridgehead atoms. The van der Waals surface area contributed by atoms with Gasteiger partial charge in [-0.15, -0.1) is 0 Å². The molecular formula is C25H30N4O3. The Labute approximate surface area is 188 Å². The quantitative estimate of drug-likeness (QED) is 0.598. The summed E-state index contributed by atoms with van der Waals surface area (Å²) in [6.45, 7) is 6.78. The number of fused-ring (bicyclic) bond motifs is 1. The minimum absolute atomic E-state index is 0.0234. The van der Waals surface area contributed by atoms with E-state index < -0.39 is 0 Å². The molecule has 168 valence electrons. The van der Waals surface area contributed by atoms with Crippen molar-refractivity contribution in [3.05, 3.63) is 65.9 Å². The maximum absolute atomic E-state index is 12.6. The van der Waals surface area contributed by atoms with Gasteiger partial charge in [-0.2, -0.15) is 0 Å². The van der Waals surface area contributed by atoms with E-state index in [1.165, 1.54) is 12.6 Å². The van der Waals surface area contributed by atoms with Crippen LogP contribution in [0, 0.1) is 0 Å². The van der Waals surface area contributed by atoms with E-state index in [0.717, 1.165) is 17.3 Å². The number of nitrogens with one attached hydrogen (secondary N) is 1. The summed E-state index contributed by atoms with van der Waals surface area (Å²) in [5.41, 5.74) is 8.84. The zero-order valence-electron chi connectivity index (χ0n) is 18.6. The molecule has 1 saturated heterocycles. The van der Waals surface area contributed by atoms with Crippen LogP contribution >= 0.6 is 0 Å². The SMILES string of the molecule is CCC.Nc1ccc2ncc(C(=O)Nc3ccc(C(=O)N4CCCOCC4)cc3)cc2c1. The molecule has 3 aromatic rings. The third-order valence-electron chi connectivity index (χ3n) is 4.87. The standard InChI is InChI=1S/C22H22N4O3.C3H8/c23-18-4-7-20-16(13-18)12-17(14-24-20)21(27)25-19-5-2-15(3-6-19)22(28)26-8-1-10-29-11-9-26;1-3-2/h2-7,12-14H,1,8-11,23H2,(H,25,27);3H2,1-2H3. The van der Waals surface area contributed by atoms with Crippen LogP contribution in [0.15, 0.2) is 54.7 Å². The van der Waals surface area contributed by atoms with Gasteiger partial charge in [0, 0.05) is 48.2 Å². The van der Waals surface area contributed by atoms with E-state index in [1.54, 1.807) is 47.4 Å². The van der Waals surface area contributed by atoms with Crippen molar-refractivity contribution in [3.8, 4) is 0 Å². The fourth-order valence-corrected chi connectivity index (χ4v) is 3.31. The average molecular weight is 435 g/mol. The molecule has 3 N–H and O–H groups in total. The van der Waals surface area contributed by atoms with E-state index in [1.807, 2.05) is 6.07 Å². The van der Waals surface area contributed by atoms with E-state index in [-0.39, 0.29) is 11.8 Å². The second-order valence-electron chi connectivity index (χ2n) is 7.67. The number of ether oxygens (including phenoxy) is 1. The van der Waals surface area contributed by atoms with Crippen molar-refractivity contribution < 1.29 is 14.3 Å². The predicted octanol–water partition coefficient (Wildman–Crippen LogP) is 4.35. The predicted molar refractivity (Wildman–Crippen MR) is 128 cm³/mol. The van der Waals surface area contributed by atoms with Crippen LogP contribution in [0.4, 0.5) is 11.4 Å². The summed E-state index contributed by atoms with van der Waals surface area (Å²) in [6, 6.07) is 14.0. The van der Waals surface area contributed by atoms with Gasteiger partial charge in [0.25, 0.3) is 11.8 Å². The molecule has 0 aliphatic carbocycles. The highest BCUT2D eigenvalue weighted by molar-refractivity contribution is 6.06. The van der Waals surface area contributed by atoms with Crippen LogP contribution in [-0.4, -0.2) is 48.0 Å². The second kappa shape index (κ2) is 11.2. The Balaban J connectivity index is 0.000000913. The summed E-state index contributed by atoms with van der Waals surface area (Å²) in [7, 11) is 0. The molecule has 2 heterocycles. The number of rotatable bonds is 3. The largest absolute Gasteiger partial charge is 0.399 e. The number of benzene rings is 2. The Bertz CT molecular complexity index is 1060. The van der Waals surface area contributed by atoms with Gasteiger partial charge in [-0.1, -0.05) is 20.3 Å². The number of pyridine rings is 1. The Hall–Kier alpha value is -3.45. The molecule has 0 atom stereocenters. The fourth-order valence-electron chi connectivity index (χ4n) is 3.31. The summed E-state index contributed by atoms with van der Waals surface area (Å²) in [4.78, 5) is 31.3. The molecule has 0 saturated carbocycles. The van der Waals surface area contributed by atoms with Gasteiger partial charge >= 0.3 is 0 Å². The van der Waals surface area contributed by atoms with Gasteiger partial charge in [0.2, 0.25) is 0 Å². The van der Waals surface area contributed by atoms with Gasteiger partial charge in [-0.25, -0.2) is 0 Å². The smallest absolute Gasteiger partial charge is 0.257 e. The molecule has 1 fully saturated rings. The molecular weight excluding hydrogens is 404 g/mol. The van der Waals surface area contributed by atoms with Crippen molar-refractivity contribution in [1.82, 2.24) is 9.88 Å². The fraction of sp³-hybridized carbons (Fsp3) is 0.320. The number of aromatic nitrogens is 1. The van der Waals surface area contributed by atoms with E-state index in [9.17, 15) is 9.59 Å². The summed E-state index contributed by atoms with van der Waals surface area (Å²) in [6.07, 6.45) is 3.62. The highest BCUT2D eigenvalue weighted by atomic mass is 16.5. The van der Waals surface area contributed by atoms with Crippen molar-refractivity contribution in [2.45, 2.75) is 26.7 Å². The zero-order chi connectivity index (χ0) is 22.9. The van der Waals surface area contributed by atoms with Crippen molar-refractivity contribution >= 4 is 34.1 Å². The molecule has 7 nitrogen and oxygen atoms in total. The number of hydrogen-bond acceptors (Lipinski definition) is 5. The molecule has 0 unspecified atom stereocenters. The summed E-state index contributed by atoms with van der Waals surface area (Å²) >= 11 is 0. The molecule has 32 heavy (non-hydrogen) atoms. The number of anilines is 2. The van der Waals surface area contributed by atoms with E-state index in [4.69, 9.17) is 10.5 Å². The van der Waals surface area contributed by atoms with Gasteiger partial charge in [0.05, 0.1) is 17.7 Å². The molecule has 4 rings (SSSR count). The van der Waals surface area contributed by atoms with Crippen LogP contribution in [0.3, 0.4) is 0 Å². The maximum Gasteiger partial charge on any atom is 0.257 e. The Morgan fingerprint density at radius 3 is 2.53 bits per heavy atom. The van der Waals surface area contributed by atoms with E-state index in [2.05, 4.69) is 24.1 Å². The Morgan fingerprint density at radius 2 is 1.78 bits per heavy atom. The van der Waals surface area contributed by atoms with Crippen LogP contribution < -0.4 is 11.1 Å². The van der Waals surface area contributed by atoms with Crippen LogP contribution in [0.25, 0.3) is 10.9 Å². The lowest BCUT2D eigenvalue weighted by Crippen LogP contribution is -2.33. The number of amides is 2. The Morgan fingerprint density at radius 1 is 1.03 bits per heavy atom. The monoisotopic (exact) mass is 434 g/mol. The number of carbonyl (C=O) groups is 2. The molecule has 7 heteroatoms. The lowest BCUT2D eigenvalue weighted by Gasteiger charge is -2.19. The normalized spacial score (nSPS) is 13.6. The zero-order valence-corrected chi connectivity index (χ0v) is 18.6. The molecule has 2 aromatic carbocycles. The van der Waals surface area contributed by atoms with Crippen LogP contribution in [0.2, 0.25) is 0 Å². The number of carbonyl (C=O) groups excluding carboxylic acids is 2. The lowest BCUT2D eigenvalue weighted by atomic mass is 10.1. The molecule has 1 aliphatic heterocycles. The first-order valence-corrected chi connectivity index (χ1v) is 11.0. The van der Waals surface area contributed by atoms with Gasteiger partial charge in [-0.3, -0.25) is 14.6 Å². The van der Waals surface area contributed by atoms with Crippen molar-refractivity contribution in [3.63, 3.8) is 0 Å². The topological polar surface area (TPSA) is 97.5 Å². The second-order valence-corrected chi connectivity index (χ2v) is 7.67. The summed E-state index contributed by atoms with van der Waals surface area (Å²) in [5, 5.41) is 3.64. The van der Waals surface area contributed by atoms with Gasteiger partial charge in [-0.05, 0) is 55.0 Å². The van der Waals surface area contributed by atoms with Crippen molar-refractivity contribution in [2.75, 3.05) is 37.4 Å². The minimum atomic E-state index is -0.273. The first kappa shape index (κ1) is 23.2. The molecule has 0 radical (unpaired) electrons. The van der Waals surface area contributed by atoms with Gasteiger partial charge in [0.15, 0.2) is 0 Å². The third-order valence-corrected chi connectivity index (χ3v) is 4.87. The van der Waals surface area contributed by atoms with Gasteiger partial charge < -0.3 is 20.7 Å². The highest BCUT2D eigenvalue weighted by Crippen LogP contribution is 2.18. The molecule has 0 spiro atoms. The highest BCUT2D eigenvalue weighted by Gasteiger charge is 2.17. The maximum atomic E-state index is 12.6. The lowest BCUT2D eigenvalue weighted by molar-refractivity contribution is 0.0741. The van der Waals surface area contributed by atoms with Crippen LogP contribution in [-0.2, 0) is 4.74 Å². The number of nitrogens with zero attached hydrogens (tertiary/aromatic N) is 2. The average Bonchev–Trinajstić information content (AvgIpc) is 3.09. The van der Waals surface area contributed by atoms with Crippen LogP contribution in [0.5, 0.6) is 0 Å². The molecule has 1 aliphatic rings. The molecule has 2 amide bonds. The first-order chi connectivity index (χ1) is 15.5. The Kier molecular flexibility index (Phi) is 8.16. The summed E-state index contributed by atoms with van der Waals surface area (Å²) in [5.74, 6) is -0.296. The summed E-state index contributed by atoms with van der Waals surface area (Å²) < 4.78 is 5.40. The van der Waals surface area contributed by atoms with Crippen molar-refractivity contribution in [2.24, 2.45) is 0 Å². The van der Waals surface area contributed by atoms with E-state index >= 15 is 0 Å². The van der Waals surface area contributed by atoms with Gasteiger partial charge in [0.1, 0.15) is 0 Å². The number of nitrogen functional groups attached to an aromatic ring is 1. The first-order valence-electron chi connectivity index (χ1n) is 11.0. The molecule has 1 aromatic heterocycles. The number of hydrogen-bond donors (Lipinski definition) is 2. The van der Waals surface area contributed by atoms with Crippen LogP contribution in [0.1, 0.15) is 47.4 Å². The number of nitrogens with two attached hydrogens (primary N) is 1. The third kappa shape index (κ3) is 6.04. The van der Waals surface area contributed by atoms with Crippen molar-refractivity contribution in [1.29, 1.82) is 0 Å². The minimum Gasteiger partial charge on any atom is -0.399 e. The van der Waals surface area contributed by atoms with E-state index in [0.29, 0.717) is 48.8 Å².